The molecule has 0 N–H and O–H groups in total. The molecule has 2 aliphatic heterocycles. The van der Waals surface area contributed by atoms with E-state index in [-0.39, 0.29) is 24.2 Å². The number of carbonyl (C=O) groups is 2. The molecule has 0 aromatic heterocycles. The molecule has 0 radical (unpaired) electrons. The molecule has 2 amide bonds. The number of hydrogen-bond donors (Lipinski definition) is 0. The lowest BCUT2D eigenvalue weighted by Crippen LogP contribution is -2.53. The van der Waals surface area contributed by atoms with Gasteiger partial charge in [-0.3, -0.25) is 9.59 Å². The van der Waals surface area contributed by atoms with E-state index in [9.17, 15) is 14.0 Å². The van der Waals surface area contributed by atoms with Gasteiger partial charge in [-0.05, 0) is 59.2 Å². The minimum atomic E-state index is -0.624. The van der Waals surface area contributed by atoms with Crippen molar-refractivity contribution in [3.63, 3.8) is 0 Å². The van der Waals surface area contributed by atoms with Crippen molar-refractivity contribution in [2.45, 2.75) is 18.5 Å². The molecule has 2 aliphatic rings. The molecule has 1 fully saturated rings. The summed E-state index contributed by atoms with van der Waals surface area (Å²) in [4.78, 5) is 34.6. The van der Waals surface area contributed by atoms with Crippen molar-refractivity contribution in [2.24, 2.45) is 0 Å². The summed E-state index contributed by atoms with van der Waals surface area (Å²) in [7, 11) is 3.27. The molecule has 6 rings (SSSR count). The number of halogens is 1. The van der Waals surface area contributed by atoms with Crippen LogP contribution >= 0.6 is 0 Å². The van der Waals surface area contributed by atoms with Crippen LogP contribution in [0.2, 0.25) is 0 Å². The Morgan fingerprint density at radius 1 is 0.814 bits per heavy atom. The summed E-state index contributed by atoms with van der Waals surface area (Å²) in [6.45, 7) is 2.63. The van der Waals surface area contributed by atoms with E-state index in [4.69, 9.17) is 9.47 Å². The fourth-order valence-corrected chi connectivity index (χ4v) is 6.25. The molecule has 43 heavy (non-hydrogen) atoms. The second-order valence-corrected chi connectivity index (χ2v) is 10.8. The SMILES string of the molecule is COc1ccc([C@H]2[C@@H](C(=O)N3CCN(c4ccccc4OC)CC3)c3ccccc3C(=O)N2Cc2ccc(F)cc2)cc1. The maximum absolute atomic E-state index is 14.6. The van der Waals surface area contributed by atoms with Crippen LogP contribution in [0.4, 0.5) is 10.1 Å². The predicted molar refractivity (Wildman–Crippen MR) is 163 cm³/mol. The Balaban J connectivity index is 1.37. The van der Waals surface area contributed by atoms with E-state index in [1.165, 1.54) is 12.1 Å². The number of hydrogen-bond acceptors (Lipinski definition) is 5. The molecule has 4 aromatic carbocycles. The molecule has 7 nitrogen and oxygen atoms in total. The molecule has 0 saturated carbocycles. The van der Waals surface area contributed by atoms with Crippen LogP contribution in [0.1, 0.15) is 39.0 Å². The highest BCUT2D eigenvalue weighted by Crippen LogP contribution is 2.45. The number of nitrogens with zero attached hydrogens (tertiary/aromatic N) is 3. The van der Waals surface area contributed by atoms with Crippen molar-refractivity contribution in [3.05, 3.63) is 125 Å². The van der Waals surface area contributed by atoms with Crippen molar-refractivity contribution in [2.75, 3.05) is 45.3 Å². The Kier molecular flexibility index (Phi) is 8.01. The van der Waals surface area contributed by atoms with Gasteiger partial charge in [-0.2, -0.15) is 0 Å². The minimum absolute atomic E-state index is 0.0236. The maximum Gasteiger partial charge on any atom is 0.255 e. The number of anilines is 1. The highest BCUT2D eigenvalue weighted by atomic mass is 19.1. The third-order valence-electron chi connectivity index (χ3n) is 8.45. The normalized spacial score (nSPS) is 18.3. The summed E-state index contributed by atoms with van der Waals surface area (Å²) in [5, 5.41) is 0. The van der Waals surface area contributed by atoms with Crippen LogP contribution < -0.4 is 14.4 Å². The zero-order valence-corrected chi connectivity index (χ0v) is 24.3. The first-order chi connectivity index (χ1) is 21.0. The summed E-state index contributed by atoms with van der Waals surface area (Å²) in [6.07, 6.45) is 0. The standard InChI is InChI=1S/C35H34FN3O4/c1-42-27-17-13-25(14-18-27)33-32(35(41)38-21-19-37(20-22-38)30-9-5-6-10-31(30)43-2)28-7-3-4-8-29(28)34(40)39(33)23-24-11-15-26(36)16-12-24/h3-18,32-33H,19-23H2,1-2H3/t32-,33-/m0/s1. The van der Waals surface area contributed by atoms with Crippen molar-refractivity contribution in [3.8, 4) is 11.5 Å². The fourth-order valence-electron chi connectivity index (χ4n) is 6.25. The van der Waals surface area contributed by atoms with Gasteiger partial charge in [-0.25, -0.2) is 4.39 Å². The maximum atomic E-state index is 14.6. The van der Waals surface area contributed by atoms with E-state index in [0.29, 0.717) is 37.5 Å². The van der Waals surface area contributed by atoms with Gasteiger partial charge in [0.2, 0.25) is 5.91 Å². The third kappa shape index (κ3) is 5.52. The van der Waals surface area contributed by atoms with E-state index in [1.807, 2.05) is 71.6 Å². The third-order valence-corrected chi connectivity index (χ3v) is 8.45. The molecule has 1 saturated heterocycles. The number of rotatable bonds is 7. The molecular formula is C35H34FN3O4. The molecule has 4 aromatic rings. The quantitative estimate of drug-likeness (QED) is 0.282. The molecule has 2 heterocycles. The summed E-state index contributed by atoms with van der Waals surface area (Å²) < 4.78 is 24.7. The second kappa shape index (κ2) is 12.2. The van der Waals surface area contributed by atoms with Gasteiger partial charge in [0.25, 0.3) is 5.91 Å². The molecule has 0 bridgehead atoms. The highest BCUT2D eigenvalue weighted by molar-refractivity contribution is 6.01. The van der Waals surface area contributed by atoms with Gasteiger partial charge in [0.15, 0.2) is 0 Å². The van der Waals surface area contributed by atoms with Crippen molar-refractivity contribution < 1.29 is 23.5 Å². The van der Waals surface area contributed by atoms with Gasteiger partial charge in [-0.15, -0.1) is 0 Å². The second-order valence-electron chi connectivity index (χ2n) is 10.8. The molecule has 2 atom stereocenters. The Bertz CT molecular complexity index is 1600. The van der Waals surface area contributed by atoms with Crippen LogP contribution in [0.15, 0.2) is 97.1 Å². The molecule has 8 heteroatoms. The first-order valence-electron chi connectivity index (χ1n) is 14.4. The topological polar surface area (TPSA) is 62.3 Å². The predicted octanol–water partition coefficient (Wildman–Crippen LogP) is 5.67. The summed E-state index contributed by atoms with van der Waals surface area (Å²) in [5.74, 6) is 0.340. The first kappa shape index (κ1) is 28.3. The van der Waals surface area contributed by atoms with Crippen molar-refractivity contribution in [1.29, 1.82) is 0 Å². The minimum Gasteiger partial charge on any atom is -0.497 e. The fraction of sp³-hybridized carbons (Fsp3) is 0.257. The Morgan fingerprint density at radius 2 is 1.49 bits per heavy atom. The number of benzene rings is 4. The lowest BCUT2D eigenvalue weighted by atomic mass is 9.78. The molecular weight excluding hydrogens is 545 g/mol. The van der Waals surface area contributed by atoms with Gasteiger partial charge >= 0.3 is 0 Å². The number of methoxy groups -OCH3 is 2. The smallest absolute Gasteiger partial charge is 0.255 e. The van der Waals surface area contributed by atoms with Crippen LogP contribution in [0, 0.1) is 5.82 Å². The van der Waals surface area contributed by atoms with Gasteiger partial charge in [0, 0.05) is 38.3 Å². The van der Waals surface area contributed by atoms with Crippen LogP contribution in [0.3, 0.4) is 0 Å². The van der Waals surface area contributed by atoms with Crippen molar-refractivity contribution >= 4 is 17.5 Å². The lowest BCUT2D eigenvalue weighted by molar-refractivity contribution is -0.135. The number of carbonyl (C=O) groups excluding carboxylic acids is 2. The van der Waals surface area contributed by atoms with Gasteiger partial charge in [-0.1, -0.05) is 54.6 Å². The van der Waals surface area contributed by atoms with E-state index in [1.54, 1.807) is 37.3 Å². The van der Waals surface area contributed by atoms with Crippen LogP contribution in [-0.4, -0.2) is 62.0 Å². The highest BCUT2D eigenvalue weighted by Gasteiger charge is 2.45. The van der Waals surface area contributed by atoms with Gasteiger partial charge in [0.05, 0.1) is 31.9 Å². The molecule has 0 aliphatic carbocycles. The monoisotopic (exact) mass is 579 g/mol. The van der Waals surface area contributed by atoms with E-state index >= 15 is 0 Å². The van der Waals surface area contributed by atoms with Crippen LogP contribution in [0.5, 0.6) is 11.5 Å². The van der Waals surface area contributed by atoms with E-state index in [2.05, 4.69) is 4.90 Å². The van der Waals surface area contributed by atoms with Gasteiger partial charge in [0.1, 0.15) is 17.3 Å². The Morgan fingerprint density at radius 3 is 2.19 bits per heavy atom. The van der Waals surface area contributed by atoms with Crippen LogP contribution in [0.25, 0.3) is 0 Å². The number of amides is 2. The average molecular weight is 580 g/mol. The van der Waals surface area contributed by atoms with Crippen LogP contribution in [-0.2, 0) is 11.3 Å². The Labute approximate surface area is 251 Å². The summed E-state index contributed by atoms with van der Waals surface area (Å²) in [5.41, 5.74) is 3.86. The number of para-hydroxylation sites is 2. The largest absolute Gasteiger partial charge is 0.497 e. The van der Waals surface area contributed by atoms with Gasteiger partial charge < -0.3 is 24.2 Å². The van der Waals surface area contributed by atoms with E-state index in [0.717, 1.165) is 28.1 Å². The zero-order chi connectivity index (χ0) is 29.9. The zero-order valence-electron chi connectivity index (χ0n) is 24.3. The number of fused-ring (bicyclic) bond motifs is 1. The molecule has 0 spiro atoms. The average Bonchev–Trinajstić information content (AvgIpc) is 3.06. The first-order valence-corrected chi connectivity index (χ1v) is 14.4. The summed E-state index contributed by atoms with van der Waals surface area (Å²) >= 11 is 0. The summed E-state index contributed by atoms with van der Waals surface area (Å²) in [6, 6.07) is 28.4. The number of ether oxygens (including phenoxy) is 2. The lowest BCUT2D eigenvalue weighted by Gasteiger charge is -2.45. The Hall–Kier alpha value is -4.85. The molecule has 0 unspecified atom stereocenters. The number of piperazine rings is 1. The van der Waals surface area contributed by atoms with E-state index < -0.39 is 12.0 Å². The molecule has 220 valence electrons. The van der Waals surface area contributed by atoms with Crippen molar-refractivity contribution in [1.82, 2.24) is 9.80 Å².